The third kappa shape index (κ3) is 3.51. The zero-order chi connectivity index (χ0) is 23.7. The lowest BCUT2D eigenvalue weighted by Gasteiger charge is -2.35. The van der Waals surface area contributed by atoms with E-state index in [1.165, 1.54) is 6.33 Å². The van der Waals surface area contributed by atoms with Crippen LogP contribution in [-0.2, 0) is 23.2 Å². The molecule has 6 rings (SSSR count). The van der Waals surface area contributed by atoms with Crippen LogP contribution in [0.3, 0.4) is 0 Å². The minimum absolute atomic E-state index is 0.358. The number of aromatic amines is 1. The predicted octanol–water partition coefficient (Wildman–Crippen LogP) is 5.11. The van der Waals surface area contributed by atoms with Crippen LogP contribution in [0.2, 0.25) is 0 Å². The Morgan fingerprint density at radius 2 is 1.34 bits per heavy atom. The summed E-state index contributed by atoms with van der Waals surface area (Å²) in [7, 11) is 0. The molecular formula is C29H22N4O2. The fourth-order valence-corrected chi connectivity index (χ4v) is 4.87. The van der Waals surface area contributed by atoms with Gasteiger partial charge in [0, 0.05) is 28.5 Å². The highest BCUT2D eigenvalue weighted by Crippen LogP contribution is 2.41. The topological polar surface area (TPSA) is 80.8 Å². The van der Waals surface area contributed by atoms with E-state index >= 15 is 0 Å². The second-order valence-corrected chi connectivity index (χ2v) is 8.49. The number of fused-ring (bicyclic) bond motifs is 3. The summed E-state index contributed by atoms with van der Waals surface area (Å²) in [4.78, 5) is 22.4. The van der Waals surface area contributed by atoms with Crippen molar-refractivity contribution in [2.75, 3.05) is 0 Å². The summed E-state index contributed by atoms with van der Waals surface area (Å²) < 4.78 is 6.55. The first-order chi connectivity index (χ1) is 17.3. The van der Waals surface area contributed by atoms with E-state index in [4.69, 9.17) is 4.74 Å². The number of esters is 1. The molecule has 1 aliphatic rings. The van der Waals surface area contributed by atoms with Crippen molar-refractivity contribution in [2.24, 2.45) is 0 Å². The average Bonchev–Trinajstić information content (AvgIpc) is 3.38. The van der Waals surface area contributed by atoms with Crippen molar-refractivity contribution >= 4 is 5.97 Å². The van der Waals surface area contributed by atoms with E-state index in [0.29, 0.717) is 17.8 Å². The molecular weight excluding hydrogens is 436 g/mol. The lowest BCUT2D eigenvalue weighted by atomic mass is 9.80. The van der Waals surface area contributed by atoms with Gasteiger partial charge in [-0.05, 0) is 18.4 Å². The summed E-state index contributed by atoms with van der Waals surface area (Å²) in [5.74, 6) is -0.465. The van der Waals surface area contributed by atoms with Gasteiger partial charge in [0.05, 0.1) is 5.69 Å². The molecule has 0 atom stereocenters. The van der Waals surface area contributed by atoms with Crippen molar-refractivity contribution in [1.29, 1.82) is 0 Å². The van der Waals surface area contributed by atoms with E-state index in [-0.39, 0.29) is 0 Å². The minimum Gasteiger partial charge on any atom is -0.440 e. The van der Waals surface area contributed by atoms with Gasteiger partial charge in [-0.1, -0.05) is 91.0 Å². The predicted molar refractivity (Wildman–Crippen MR) is 132 cm³/mol. The molecule has 0 aliphatic heterocycles. The van der Waals surface area contributed by atoms with Crippen LogP contribution in [0.4, 0.5) is 0 Å². The zero-order valence-electron chi connectivity index (χ0n) is 18.9. The molecule has 6 heteroatoms. The second kappa shape index (κ2) is 8.65. The highest BCUT2D eigenvalue weighted by molar-refractivity contribution is 5.92. The molecule has 0 fully saturated rings. The van der Waals surface area contributed by atoms with Crippen LogP contribution in [-0.4, -0.2) is 26.1 Å². The molecule has 0 radical (unpaired) electrons. The van der Waals surface area contributed by atoms with Gasteiger partial charge in [0.15, 0.2) is 5.60 Å². The summed E-state index contributed by atoms with van der Waals surface area (Å²) in [5.41, 5.74) is 5.08. The number of carbonyl (C=O) groups excluding carboxylic acids is 1. The van der Waals surface area contributed by atoms with Crippen LogP contribution in [0.1, 0.15) is 38.3 Å². The average molecular weight is 459 g/mol. The highest BCUT2D eigenvalue weighted by atomic mass is 16.6. The summed E-state index contributed by atoms with van der Waals surface area (Å²) in [6, 6.07) is 29.5. The molecule has 1 N–H and O–H groups in total. The normalized spacial score (nSPS) is 12.5. The SMILES string of the molecule is O=C(OC(c1ccccc1)(c1ccccc1)c1ccccc1)c1[nH]nc2c1CCc1cncnc1-2. The van der Waals surface area contributed by atoms with Crippen LogP contribution < -0.4 is 0 Å². The lowest BCUT2D eigenvalue weighted by molar-refractivity contribution is 0.0133. The molecule has 0 saturated heterocycles. The maximum absolute atomic E-state index is 13.9. The first kappa shape index (κ1) is 21.0. The van der Waals surface area contributed by atoms with Gasteiger partial charge in [-0.25, -0.2) is 14.8 Å². The third-order valence-corrected chi connectivity index (χ3v) is 6.51. The van der Waals surface area contributed by atoms with E-state index in [1.807, 2.05) is 97.2 Å². The fraction of sp³-hybridized carbons (Fsp3) is 0.103. The number of nitrogens with zero attached hydrogens (tertiary/aromatic N) is 3. The van der Waals surface area contributed by atoms with Crippen LogP contribution >= 0.6 is 0 Å². The number of hydrogen-bond acceptors (Lipinski definition) is 5. The number of H-pyrrole nitrogens is 1. The molecule has 2 aromatic heterocycles. The molecule has 1 aliphatic carbocycles. The molecule has 35 heavy (non-hydrogen) atoms. The molecule has 170 valence electrons. The highest BCUT2D eigenvalue weighted by Gasteiger charge is 2.42. The van der Waals surface area contributed by atoms with Gasteiger partial charge in [-0.3, -0.25) is 5.10 Å². The number of hydrogen-bond donors (Lipinski definition) is 1. The smallest absolute Gasteiger partial charge is 0.358 e. The number of carbonyl (C=O) groups is 1. The van der Waals surface area contributed by atoms with Gasteiger partial charge in [-0.15, -0.1) is 0 Å². The largest absolute Gasteiger partial charge is 0.440 e. The first-order valence-corrected chi connectivity index (χ1v) is 11.5. The Morgan fingerprint density at radius 1 is 0.771 bits per heavy atom. The molecule has 6 nitrogen and oxygen atoms in total. The molecule has 2 heterocycles. The first-order valence-electron chi connectivity index (χ1n) is 11.5. The molecule has 0 saturated carbocycles. The van der Waals surface area contributed by atoms with E-state index < -0.39 is 11.6 Å². The molecule has 0 spiro atoms. The summed E-state index contributed by atoms with van der Waals surface area (Å²) in [6.07, 6.45) is 4.71. The number of ether oxygens (including phenoxy) is 1. The Morgan fingerprint density at radius 3 is 1.91 bits per heavy atom. The Labute approximate surface area is 202 Å². The summed E-state index contributed by atoms with van der Waals surface area (Å²) in [5, 5.41) is 7.40. The van der Waals surface area contributed by atoms with Gasteiger partial charge in [0.1, 0.15) is 17.7 Å². The van der Waals surface area contributed by atoms with Crippen LogP contribution in [0, 0.1) is 0 Å². The minimum atomic E-state index is -1.15. The summed E-state index contributed by atoms with van der Waals surface area (Å²) >= 11 is 0. The van der Waals surface area contributed by atoms with Gasteiger partial charge < -0.3 is 4.74 Å². The Balaban J connectivity index is 1.50. The van der Waals surface area contributed by atoms with Crippen molar-refractivity contribution in [3.8, 4) is 11.4 Å². The maximum Gasteiger partial charge on any atom is 0.358 e. The number of rotatable bonds is 5. The number of nitrogens with one attached hydrogen (secondary N) is 1. The lowest BCUT2D eigenvalue weighted by Crippen LogP contribution is -2.35. The standard InChI is InChI=1S/C29H22N4O2/c34-28(27-24-17-16-20-18-30-19-31-25(20)26(24)32-33-27)35-29(21-10-4-1-5-11-21,22-12-6-2-7-13-22)23-14-8-3-9-15-23/h1-15,18-19H,16-17H2,(H,32,33). The Kier molecular flexibility index (Phi) is 5.19. The quantitative estimate of drug-likeness (QED) is 0.292. The van der Waals surface area contributed by atoms with Gasteiger partial charge in [-0.2, -0.15) is 5.10 Å². The summed E-state index contributed by atoms with van der Waals surface area (Å²) in [6.45, 7) is 0. The molecule has 0 amide bonds. The molecule has 0 bridgehead atoms. The fourth-order valence-electron chi connectivity index (χ4n) is 4.87. The Hall–Kier alpha value is -4.58. The van der Waals surface area contributed by atoms with Gasteiger partial charge in [0.25, 0.3) is 0 Å². The van der Waals surface area contributed by atoms with Gasteiger partial charge in [0.2, 0.25) is 0 Å². The Bertz CT molecular complexity index is 1380. The molecule has 5 aromatic rings. The van der Waals surface area contributed by atoms with E-state index in [1.54, 1.807) is 0 Å². The number of benzene rings is 3. The van der Waals surface area contributed by atoms with Crippen LogP contribution in [0.25, 0.3) is 11.4 Å². The monoisotopic (exact) mass is 458 g/mol. The maximum atomic E-state index is 13.9. The number of aryl methyl sites for hydroxylation is 1. The van der Waals surface area contributed by atoms with Gasteiger partial charge >= 0.3 is 5.97 Å². The van der Waals surface area contributed by atoms with Crippen LogP contribution in [0.15, 0.2) is 104 Å². The molecule has 0 unspecified atom stereocenters. The third-order valence-electron chi connectivity index (χ3n) is 6.51. The number of aromatic nitrogens is 4. The van der Waals surface area contributed by atoms with E-state index in [2.05, 4.69) is 20.2 Å². The van der Waals surface area contributed by atoms with Crippen molar-refractivity contribution in [3.05, 3.63) is 137 Å². The second-order valence-electron chi connectivity index (χ2n) is 8.49. The van der Waals surface area contributed by atoms with Crippen LogP contribution in [0.5, 0.6) is 0 Å². The molecule has 3 aromatic carbocycles. The van der Waals surface area contributed by atoms with Crippen molar-refractivity contribution in [3.63, 3.8) is 0 Å². The zero-order valence-corrected chi connectivity index (χ0v) is 18.9. The van der Waals surface area contributed by atoms with Crippen molar-refractivity contribution in [2.45, 2.75) is 18.4 Å². The van der Waals surface area contributed by atoms with E-state index in [9.17, 15) is 4.79 Å². The van der Waals surface area contributed by atoms with Crippen molar-refractivity contribution < 1.29 is 9.53 Å². The van der Waals surface area contributed by atoms with E-state index in [0.717, 1.165) is 39.9 Å². The van der Waals surface area contributed by atoms with Crippen molar-refractivity contribution in [1.82, 2.24) is 20.2 Å².